The Labute approximate surface area is 111 Å². The highest BCUT2D eigenvalue weighted by atomic mass is 19.1. The normalized spacial score (nSPS) is 17.9. The molecule has 0 amide bonds. The van der Waals surface area contributed by atoms with Crippen LogP contribution < -0.4 is 0 Å². The van der Waals surface area contributed by atoms with Gasteiger partial charge in [-0.2, -0.15) is 0 Å². The number of oxime groups is 1. The van der Waals surface area contributed by atoms with Crippen molar-refractivity contribution in [2.75, 3.05) is 0 Å². The molecule has 2 nitrogen and oxygen atoms in total. The summed E-state index contributed by atoms with van der Waals surface area (Å²) in [6.07, 6.45) is 1.44. The Morgan fingerprint density at radius 1 is 1.05 bits per heavy atom. The van der Waals surface area contributed by atoms with E-state index in [1.807, 2.05) is 24.3 Å². The van der Waals surface area contributed by atoms with Gasteiger partial charge in [0.2, 0.25) is 0 Å². The Bertz CT molecular complexity index is 595. The maximum atomic E-state index is 13.7. The molecule has 0 aliphatic carbocycles. The monoisotopic (exact) mass is 255 g/mol. The molecule has 1 heterocycles. The minimum absolute atomic E-state index is 0.00277. The zero-order chi connectivity index (χ0) is 13.1. The molecular weight excluding hydrogens is 241 g/mol. The van der Waals surface area contributed by atoms with Gasteiger partial charge < -0.3 is 4.84 Å². The predicted octanol–water partition coefficient (Wildman–Crippen LogP) is 3.56. The molecule has 3 heteroatoms. The summed E-state index contributed by atoms with van der Waals surface area (Å²) in [5.74, 6) is -0.245. The van der Waals surface area contributed by atoms with Crippen LogP contribution in [0.2, 0.25) is 0 Å². The number of halogens is 1. The zero-order valence-electron chi connectivity index (χ0n) is 10.4. The maximum absolute atomic E-state index is 13.7. The fourth-order valence-corrected chi connectivity index (χ4v) is 2.27. The average molecular weight is 255 g/mol. The first-order chi connectivity index (χ1) is 9.33. The highest BCUT2D eigenvalue weighted by Gasteiger charge is 2.23. The Balaban J connectivity index is 1.69. The van der Waals surface area contributed by atoms with Crippen molar-refractivity contribution in [3.8, 4) is 0 Å². The predicted molar refractivity (Wildman–Crippen MR) is 72.6 cm³/mol. The smallest absolute Gasteiger partial charge is 0.137 e. The van der Waals surface area contributed by atoms with Crippen LogP contribution >= 0.6 is 0 Å². The molecule has 0 saturated carbocycles. The van der Waals surface area contributed by atoms with Gasteiger partial charge in [0, 0.05) is 18.4 Å². The summed E-state index contributed by atoms with van der Waals surface area (Å²) in [4.78, 5) is 5.40. The third-order valence-corrected chi connectivity index (χ3v) is 3.22. The molecule has 0 fully saturated rings. The van der Waals surface area contributed by atoms with Crippen molar-refractivity contribution in [3.63, 3.8) is 0 Å². The van der Waals surface area contributed by atoms with Crippen LogP contribution in [-0.2, 0) is 11.3 Å². The summed E-state index contributed by atoms with van der Waals surface area (Å²) in [6, 6.07) is 16.8. The van der Waals surface area contributed by atoms with E-state index < -0.39 is 0 Å². The van der Waals surface area contributed by atoms with E-state index in [1.54, 1.807) is 12.1 Å². The van der Waals surface area contributed by atoms with E-state index in [-0.39, 0.29) is 11.9 Å². The second kappa shape index (κ2) is 5.22. The molecule has 3 rings (SSSR count). The van der Waals surface area contributed by atoms with Crippen LogP contribution in [0.25, 0.3) is 0 Å². The van der Waals surface area contributed by atoms with Gasteiger partial charge in [0.15, 0.2) is 0 Å². The summed E-state index contributed by atoms with van der Waals surface area (Å²) in [5.41, 5.74) is 2.44. The van der Waals surface area contributed by atoms with Crippen molar-refractivity contribution in [1.82, 2.24) is 0 Å². The lowest BCUT2D eigenvalue weighted by Crippen LogP contribution is -2.12. The van der Waals surface area contributed by atoms with Crippen molar-refractivity contribution < 1.29 is 9.23 Å². The molecule has 0 bridgehead atoms. The number of benzene rings is 2. The molecule has 1 aliphatic heterocycles. The molecule has 1 aliphatic rings. The highest BCUT2D eigenvalue weighted by Crippen LogP contribution is 2.21. The average Bonchev–Trinajstić information content (AvgIpc) is 2.89. The maximum Gasteiger partial charge on any atom is 0.137 e. The van der Waals surface area contributed by atoms with Crippen molar-refractivity contribution in [3.05, 3.63) is 71.5 Å². The number of nitrogens with zero attached hydrogens (tertiary/aromatic N) is 1. The third kappa shape index (κ3) is 2.65. The van der Waals surface area contributed by atoms with Gasteiger partial charge in [-0.05, 0) is 11.6 Å². The van der Waals surface area contributed by atoms with Crippen molar-refractivity contribution in [2.24, 2.45) is 5.16 Å². The zero-order valence-corrected chi connectivity index (χ0v) is 10.4. The Morgan fingerprint density at radius 3 is 2.58 bits per heavy atom. The van der Waals surface area contributed by atoms with E-state index in [0.717, 1.165) is 6.42 Å². The van der Waals surface area contributed by atoms with Crippen LogP contribution in [0.3, 0.4) is 0 Å². The quantitative estimate of drug-likeness (QED) is 0.821. The second-order valence-corrected chi connectivity index (χ2v) is 4.64. The molecule has 96 valence electrons. The Kier molecular flexibility index (Phi) is 3.27. The lowest BCUT2D eigenvalue weighted by atomic mass is 10.00. The van der Waals surface area contributed by atoms with E-state index in [9.17, 15) is 4.39 Å². The first-order valence-electron chi connectivity index (χ1n) is 6.34. The molecule has 1 atom stereocenters. The van der Waals surface area contributed by atoms with Gasteiger partial charge in [0.1, 0.15) is 11.9 Å². The fourth-order valence-electron chi connectivity index (χ4n) is 2.27. The van der Waals surface area contributed by atoms with E-state index in [2.05, 4.69) is 17.3 Å². The van der Waals surface area contributed by atoms with Crippen LogP contribution in [-0.4, -0.2) is 11.8 Å². The molecule has 0 aromatic heterocycles. The highest BCUT2D eigenvalue weighted by molar-refractivity contribution is 6.01. The molecule has 1 unspecified atom stereocenters. The fraction of sp³-hybridized carbons (Fsp3) is 0.188. The van der Waals surface area contributed by atoms with Crippen LogP contribution in [0, 0.1) is 5.82 Å². The van der Waals surface area contributed by atoms with Crippen LogP contribution in [0.4, 0.5) is 4.39 Å². The van der Waals surface area contributed by atoms with Gasteiger partial charge in [-0.3, -0.25) is 0 Å². The largest absolute Gasteiger partial charge is 0.391 e. The first-order valence-corrected chi connectivity index (χ1v) is 6.34. The van der Waals surface area contributed by atoms with Gasteiger partial charge in [-0.1, -0.05) is 53.7 Å². The summed E-state index contributed by atoms with van der Waals surface area (Å²) in [5, 5.41) is 4.02. The molecule has 0 spiro atoms. The van der Waals surface area contributed by atoms with E-state index in [4.69, 9.17) is 4.84 Å². The van der Waals surface area contributed by atoms with Crippen LogP contribution in [0.5, 0.6) is 0 Å². The van der Waals surface area contributed by atoms with Crippen molar-refractivity contribution in [2.45, 2.75) is 18.9 Å². The summed E-state index contributed by atoms with van der Waals surface area (Å²) in [7, 11) is 0. The summed E-state index contributed by atoms with van der Waals surface area (Å²) < 4.78 is 13.7. The lowest BCUT2D eigenvalue weighted by molar-refractivity contribution is 0.0859. The third-order valence-electron chi connectivity index (χ3n) is 3.22. The molecule has 2 aromatic rings. The summed E-state index contributed by atoms with van der Waals surface area (Å²) in [6.45, 7) is 0. The topological polar surface area (TPSA) is 21.6 Å². The van der Waals surface area contributed by atoms with Crippen molar-refractivity contribution in [1.29, 1.82) is 0 Å². The van der Waals surface area contributed by atoms with Crippen LogP contribution in [0.1, 0.15) is 17.5 Å². The second-order valence-electron chi connectivity index (χ2n) is 4.64. The number of rotatable bonds is 3. The van der Waals surface area contributed by atoms with Gasteiger partial charge in [-0.15, -0.1) is 0 Å². The Morgan fingerprint density at radius 2 is 1.79 bits per heavy atom. The molecule has 19 heavy (non-hydrogen) atoms. The lowest BCUT2D eigenvalue weighted by Gasteiger charge is -2.07. The molecule has 0 radical (unpaired) electrons. The van der Waals surface area contributed by atoms with E-state index in [0.29, 0.717) is 17.7 Å². The summed E-state index contributed by atoms with van der Waals surface area (Å²) >= 11 is 0. The van der Waals surface area contributed by atoms with Gasteiger partial charge in [-0.25, -0.2) is 4.39 Å². The molecular formula is C16H14FNO. The number of hydrogen-bond donors (Lipinski definition) is 0. The molecule has 2 aromatic carbocycles. The van der Waals surface area contributed by atoms with Gasteiger partial charge in [0.25, 0.3) is 0 Å². The van der Waals surface area contributed by atoms with E-state index in [1.165, 1.54) is 11.6 Å². The molecule has 0 N–H and O–H groups in total. The minimum atomic E-state index is -0.245. The van der Waals surface area contributed by atoms with Gasteiger partial charge >= 0.3 is 0 Å². The SMILES string of the molecule is Fc1ccccc1C1=NOC(Cc2ccccc2)C1. The van der Waals surface area contributed by atoms with Crippen LogP contribution in [0.15, 0.2) is 59.8 Å². The number of hydrogen-bond acceptors (Lipinski definition) is 2. The Hall–Kier alpha value is -2.16. The minimum Gasteiger partial charge on any atom is -0.391 e. The van der Waals surface area contributed by atoms with Gasteiger partial charge in [0.05, 0.1) is 5.71 Å². The first kappa shape index (κ1) is 11.9. The van der Waals surface area contributed by atoms with Crippen molar-refractivity contribution >= 4 is 5.71 Å². The van der Waals surface area contributed by atoms with E-state index >= 15 is 0 Å². The molecule has 0 saturated heterocycles. The standard InChI is InChI=1S/C16H14FNO/c17-15-9-5-4-8-14(15)16-11-13(19-18-16)10-12-6-2-1-3-7-12/h1-9,13H,10-11H2.